The number of hydrogen-bond acceptors (Lipinski definition) is 7. The highest BCUT2D eigenvalue weighted by atomic mass is 32.2. The summed E-state index contributed by atoms with van der Waals surface area (Å²) < 4.78 is 7.86. The van der Waals surface area contributed by atoms with Crippen molar-refractivity contribution in [3.63, 3.8) is 0 Å². The summed E-state index contributed by atoms with van der Waals surface area (Å²) in [5.41, 5.74) is 2.43. The van der Waals surface area contributed by atoms with E-state index in [2.05, 4.69) is 38.0 Å². The summed E-state index contributed by atoms with van der Waals surface area (Å²) in [4.78, 5) is 2.73. The van der Waals surface area contributed by atoms with Gasteiger partial charge in [-0.1, -0.05) is 43.3 Å². The quantitative estimate of drug-likeness (QED) is 0.376. The molecule has 8 heteroatoms. The SMILES string of the molecule is CC[C@H]1CCc2sc(-c3nnc(SCc4nnc(-c5ccccc5)o4)n3C)cc2C1. The lowest BCUT2D eigenvalue weighted by Crippen LogP contribution is -2.10. The number of thioether (sulfide) groups is 1. The molecular weight excluding hydrogens is 414 g/mol. The Morgan fingerprint density at radius 2 is 2.03 bits per heavy atom. The molecule has 4 aromatic rings. The number of thiophene rings is 1. The first-order valence-electron chi connectivity index (χ1n) is 10.2. The summed E-state index contributed by atoms with van der Waals surface area (Å²) in [6.07, 6.45) is 4.96. The highest BCUT2D eigenvalue weighted by Gasteiger charge is 2.22. The maximum Gasteiger partial charge on any atom is 0.247 e. The monoisotopic (exact) mass is 437 g/mol. The molecule has 0 saturated carbocycles. The van der Waals surface area contributed by atoms with Crippen LogP contribution in [-0.2, 0) is 25.6 Å². The minimum Gasteiger partial charge on any atom is -0.420 e. The Morgan fingerprint density at radius 3 is 2.87 bits per heavy atom. The predicted molar refractivity (Wildman–Crippen MR) is 119 cm³/mol. The minimum atomic E-state index is 0.541. The molecular formula is C22H23N5OS2. The van der Waals surface area contributed by atoms with Crippen LogP contribution < -0.4 is 0 Å². The van der Waals surface area contributed by atoms with E-state index in [4.69, 9.17) is 4.42 Å². The molecule has 3 heterocycles. The standard InChI is InChI=1S/C22H23N5OS2/c1-3-14-9-10-17-16(11-14)12-18(30-17)20-24-26-22(27(20)2)29-13-19-23-25-21(28-19)15-7-5-4-6-8-15/h4-8,12,14H,3,9-11,13H2,1-2H3/t14-/m0/s1. The minimum absolute atomic E-state index is 0.541. The molecule has 6 nitrogen and oxygen atoms in total. The van der Waals surface area contributed by atoms with Crippen molar-refractivity contribution in [1.29, 1.82) is 0 Å². The summed E-state index contributed by atoms with van der Waals surface area (Å²) in [5, 5.41) is 18.0. The van der Waals surface area contributed by atoms with E-state index in [0.717, 1.165) is 22.5 Å². The van der Waals surface area contributed by atoms with Gasteiger partial charge >= 0.3 is 0 Å². The molecule has 0 bridgehead atoms. The Hall–Kier alpha value is -2.45. The van der Waals surface area contributed by atoms with Gasteiger partial charge in [0.1, 0.15) is 0 Å². The Balaban J connectivity index is 1.29. The zero-order valence-electron chi connectivity index (χ0n) is 17.0. The van der Waals surface area contributed by atoms with Crippen LogP contribution in [0.1, 0.15) is 36.1 Å². The van der Waals surface area contributed by atoms with Crippen LogP contribution in [0.15, 0.2) is 46.0 Å². The van der Waals surface area contributed by atoms with Crippen molar-refractivity contribution in [1.82, 2.24) is 25.0 Å². The molecule has 1 atom stereocenters. The van der Waals surface area contributed by atoms with E-state index in [1.54, 1.807) is 11.8 Å². The van der Waals surface area contributed by atoms with Crippen LogP contribution in [0.5, 0.6) is 0 Å². The Morgan fingerprint density at radius 1 is 1.17 bits per heavy atom. The maximum absolute atomic E-state index is 5.80. The van der Waals surface area contributed by atoms with E-state index >= 15 is 0 Å². The number of benzene rings is 1. The fourth-order valence-electron chi connectivity index (χ4n) is 3.85. The van der Waals surface area contributed by atoms with Crippen molar-refractivity contribution >= 4 is 23.1 Å². The zero-order valence-corrected chi connectivity index (χ0v) is 18.7. The second-order valence-corrected chi connectivity index (χ2v) is 9.68. The summed E-state index contributed by atoms with van der Waals surface area (Å²) in [6, 6.07) is 12.1. The number of fused-ring (bicyclic) bond motifs is 1. The average Bonchev–Trinajstić information content (AvgIpc) is 3.50. The van der Waals surface area contributed by atoms with Gasteiger partial charge in [-0.2, -0.15) is 0 Å². The molecule has 5 rings (SSSR count). The van der Waals surface area contributed by atoms with Gasteiger partial charge < -0.3 is 8.98 Å². The average molecular weight is 438 g/mol. The number of rotatable bonds is 6. The molecule has 0 saturated heterocycles. The molecule has 0 unspecified atom stereocenters. The van der Waals surface area contributed by atoms with Crippen LogP contribution >= 0.6 is 23.1 Å². The van der Waals surface area contributed by atoms with Gasteiger partial charge in [0.15, 0.2) is 11.0 Å². The lowest BCUT2D eigenvalue weighted by molar-refractivity contribution is 0.449. The molecule has 0 spiro atoms. The Labute approximate surface area is 183 Å². The van der Waals surface area contributed by atoms with Gasteiger partial charge in [-0.25, -0.2) is 0 Å². The van der Waals surface area contributed by atoms with Crippen LogP contribution in [0.3, 0.4) is 0 Å². The Bertz CT molecular complexity index is 1150. The first-order chi connectivity index (χ1) is 14.7. The topological polar surface area (TPSA) is 69.6 Å². The van der Waals surface area contributed by atoms with Gasteiger partial charge in [0, 0.05) is 17.5 Å². The van der Waals surface area contributed by atoms with Crippen LogP contribution in [0, 0.1) is 5.92 Å². The third-order valence-corrected chi connectivity index (χ3v) is 7.87. The van der Waals surface area contributed by atoms with Gasteiger partial charge in [-0.15, -0.1) is 31.7 Å². The molecule has 1 aromatic carbocycles. The van der Waals surface area contributed by atoms with Crippen LogP contribution in [0.25, 0.3) is 22.2 Å². The lowest BCUT2D eigenvalue weighted by atomic mass is 9.87. The van der Waals surface area contributed by atoms with Gasteiger partial charge in [-0.3, -0.25) is 0 Å². The van der Waals surface area contributed by atoms with Crippen LogP contribution in [0.2, 0.25) is 0 Å². The first kappa shape index (κ1) is 19.5. The van der Waals surface area contributed by atoms with E-state index < -0.39 is 0 Å². The largest absolute Gasteiger partial charge is 0.420 e. The maximum atomic E-state index is 5.80. The van der Waals surface area contributed by atoms with Crippen molar-refractivity contribution in [2.45, 2.75) is 43.5 Å². The van der Waals surface area contributed by atoms with Gasteiger partial charge in [0.25, 0.3) is 0 Å². The van der Waals surface area contributed by atoms with Crippen LogP contribution in [0.4, 0.5) is 0 Å². The summed E-state index contributed by atoms with van der Waals surface area (Å²) >= 11 is 3.43. The van der Waals surface area contributed by atoms with Crippen molar-refractivity contribution in [3.8, 4) is 22.2 Å². The number of aromatic nitrogens is 5. The summed E-state index contributed by atoms with van der Waals surface area (Å²) in [5.74, 6) is 3.44. The zero-order chi connectivity index (χ0) is 20.5. The van der Waals surface area contributed by atoms with Crippen LogP contribution in [-0.4, -0.2) is 25.0 Å². The highest BCUT2D eigenvalue weighted by molar-refractivity contribution is 7.98. The van der Waals surface area contributed by atoms with E-state index in [9.17, 15) is 0 Å². The molecule has 0 amide bonds. The fraction of sp³-hybridized carbons (Fsp3) is 0.364. The van der Waals surface area contributed by atoms with E-state index in [1.165, 1.54) is 41.0 Å². The van der Waals surface area contributed by atoms with Crippen molar-refractivity contribution in [3.05, 3.63) is 52.7 Å². The smallest absolute Gasteiger partial charge is 0.247 e. The molecule has 0 N–H and O–H groups in total. The van der Waals surface area contributed by atoms with Crippen molar-refractivity contribution in [2.75, 3.05) is 0 Å². The second-order valence-electron chi connectivity index (χ2n) is 7.60. The van der Waals surface area contributed by atoms with E-state index in [1.807, 2.05) is 48.7 Å². The highest BCUT2D eigenvalue weighted by Crippen LogP contribution is 2.38. The molecule has 0 fully saturated rings. The van der Waals surface area contributed by atoms with Gasteiger partial charge in [0.2, 0.25) is 11.8 Å². The fourth-order valence-corrected chi connectivity index (χ4v) is 5.83. The number of nitrogens with zero attached hydrogens (tertiary/aromatic N) is 5. The molecule has 0 aliphatic heterocycles. The third kappa shape index (κ3) is 3.81. The molecule has 154 valence electrons. The summed E-state index contributed by atoms with van der Waals surface area (Å²) in [6.45, 7) is 2.29. The third-order valence-electron chi connectivity index (χ3n) is 5.63. The van der Waals surface area contributed by atoms with Gasteiger partial charge in [0.05, 0.1) is 10.6 Å². The lowest BCUT2D eigenvalue weighted by Gasteiger charge is -2.19. The van der Waals surface area contributed by atoms with Crippen molar-refractivity contribution < 1.29 is 4.42 Å². The predicted octanol–water partition coefficient (Wildman–Crippen LogP) is 5.40. The van der Waals surface area contributed by atoms with Gasteiger partial charge in [-0.05, 0) is 48.9 Å². The molecule has 1 aliphatic rings. The van der Waals surface area contributed by atoms with Crippen molar-refractivity contribution in [2.24, 2.45) is 13.0 Å². The molecule has 30 heavy (non-hydrogen) atoms. The Kier molecular flexibility index (Phi) is 5.43. The molecule has 1 aliphatic carbocycles. The van der Waals surface area contributed by atoms with E-state index in [0.29, 0.717) is 17.5 Å². The first-order valence-corrected chi connectivity index (χ1v) is 12.0. The normalized spacial score (nSPS) is 16.0. The number of aryl methyl sites for hydroxylation is 1. The second kappa shape index (κ2) is 8.35. The number of hydrogen-bond donors (Lipinski definition) is 0. The molecule has 0 radical (unpaired) electrons. The summed E-state index contributed by atoms with van der Waals surface area (Å²) in [7, 11) is 2.02. The van der Waals surface area contributed by atoms with E-state index in [-0.39, 0.29) is 0 Å². The molecule has 3 aromatic heterocycles.